The summed E-state index contributed by atoms with van der Waals surface area (Å²) in [4.78, 5) is 5.15. The van der Waals surface area contributed by atoms with Crippen LogP contribution in [0.5, 0.6) is 0 Å². The Bertz CT molecular complexity index is 668. The monoisotopic (exact) mass is 325 g/mol. The number of hydrogen-bond donors (Lipinski definition) is 1. The van der Waals surface area contributed by atoms with Gasteiger partial charge in [0, 0.05) is 69.5 Å². The molecule has 0 radical (unpaired) electrons. The second-order valence-electron chi connectivity index (χ2n) is 7.16. The zero-order valence-electron chi connectivity index (χ0n) is 14.5. The fourth-order valence-corrected chi connectivity index (χ4v) is 3.43. The van der Waals surface area contributed by atoms with Gasteiger partial charge in [-0.1, -0.05) is 6.07 Å². The molecule has 0 spiro atoms. The Morgan fingerprint density at radius 3 is 2.71 bits per heavy atom. The molecule has 2 aromatic rings. The van der Waals surface area contributed by atoms with E-state index in [0.717, 1.165) is 25.6 Å². The van der Waals surface area contributed by atoms with Gasteiger partial charge in [-0.05, 0) is 37.0 Å². The summed E-state index contributed by atoms with van der Waals surface area (Å²) >= 11 is 0. The summed E-state index contributed by atoms with van der Waals surface area (Å²) in [5, 5.41) is 7.72. The molecule has 0 amide bonds. The SMILES string of the molecule is Cn1cc(CNc2cccc(N3CCN(CC4CC4)CC3)c2)cn1. The molecule has 1 saturated heterocycles. The summed E-state index contributed by atoms with van der Waals surface area (Å²) in [7, 11) is 1.95. The summed E-state index contributed by atoms with van der Waals surface area (Å²) in [6.07, 6.45) is 6.86. The maximum absolute atomic E-state index is 4.22. The zero-order chi connectivity index (χ0) is 16.4. The van der Waals surface area contributed by atoms with Crippen molar-refractivity contribution in [3.05, 3.63) is 42.2 Å². The maximum Gasteiger partial charge on any atom is 0.0539 e. The van der Waals surface area contributed by atoms with E-state index in [0.29, 0.717) is 0 Å². The standard InChI is InChI=1S/C19H27N5/c1-22-14-17(13-21-22)12-20-18-3-2-4-19(11-18)24-9-7-23(8-10-24)15-16-5-6-16/h2-4,11,13-14,16,20H,5-10,12,15H2,1H3. The highest BCUT2D eigenvalue weighted by Crippen LogP contribution is 2.30. The molecular formula is C19H27N5. The molecule has 2 aliphatic rings. The Labute approximate surface area is 144 Å². The molecule has 0 unspecified atom stereocenters. The molecule has 2 heterocycles. The van der Waals surface area contributed by atoms with Gasteiger partial charge in [-0.3, -0.25) is 9.58 Å². The van der Waals surface area contributed by atoms with Crippen molar-refractivity contribution in [2.75, 3.05) is 42.9 Å². The van der Waals surface area contributed by atoms with Crippen LogP contribution in [0.4, 0.5) is 11.4 Å². The minimum absolute atomic E-state index is 0.812. The van der Waals surface area contributed by atoms with E-state index in [-0.39, 0.29) is 0 Å². The number of aromatic nitrogens is 2. The Kier molecular flexibility index (Phi) is 4.43. The highest BCUT2D eigenvalue weighted by atomic mass is 15.3. The van der Waals surface area contributed by atoms with Crippen molar-refractivity contribution in [2.45, 2.75) is 19.4 Å². The lowest BCUT2D eigenvalue weighted by atomic mass is 10.2. The number of piperazine rings is 1. The summed E-state index contributed by atoms with van der Waals surface area (Å²) in [6, 6.07) is 8.79. The molecule has 1 aromatic heterocycles. The topological polar surface area (TPSA) is 36.3 Å². The van der Waals surface area contributed by atoms with Gasteiger partial charge in [0.25, 0.3) is 0 Å². The summed E-state index contributed by atoms with van der Waals surface area (Å²) < 4.78 is 1.84. The van der Waals surface area contributed by atoms with Gasteiger partial charge in [0.1, 0.15) is 0 Å². The minimum Gasteiger partial charge on any atom is -0.381 e. The van der Waals surface area contributed by atoms with Crippen molar-refractivity contribution in [1.82, 2.24) is 14.7 Å². The van der Waals surface area contributed by atoms with Crippen LogP contribution >= 0.6 is 0 Å². The predicted molar refractivity (Wildman–Crippen MR) is 98.4 cm³/mol. The third kappa shape index (κ3) is 3.90. The molecule has 0 atom stereocenters. The molecule has 1 aliphatic heterocycles. The van der Waals surface area contributed by atoms with Crippen molar-refractivity contribution in [1.29, 1.82) is 0 Å². The molecule has 1 aromatic carbocycles. The normalized spacial score (nSPS) is 18.8. The zero-order valence-corrected chi connectivity index (χ0v) is 14.5. The molecule has 1 saturated carbocycles. The van der Waals surface area contributed by atoms with Gasteiger partial charge in [-0.15, -0.1) is 0 Å². The lowest BCUT2D eigenvalue weighted by molar-refractivity contribution is 0.248. The first-order chi connectivity index (χ1) is 11.8. The van der Waals surface area contributed by atoms with E-state index in [2.05, 4.69) is 50.7 Å². The Morgan fingerprint density at radius 2 is 2.00 bits per heavy atom. The first-order valence-electron chi connectivity index (χ1n) is 9.05. The van der Waals surface area contributed by atoms with Gasteiger partial charge in [-0.2, -0.15) is 5.10 Å². The molecule has 5 nitrogen and oxygen atoms in total. The third-order valence-electron chi connectivity index (χ3n) is 5.05. The van der Waals surface area contributed by atoms with Crippen LogP contribution in [0.25, 0.3) is 0 Å². The van der Waals surface area contributed by atoms with Crippen molar-refractivity contribution in [3.8, 4) is 0 Å². The smallest absolute Gasteiger partial charge is 0.0539 e. The molecule has 0 bridgehead atoms. The number of benzene rings is 1. The lowest BCUT2D eigenvalue weighted by Crippen LogP contribution is -2.47. The Balaban J connectivity index is 1.32. The largest absolute Gasteiger partial charge is 0.381 e. The maximum atomic E-state index is 4.22. The van der Waals surface area contributed by atoms with Crippen LogP contribution in [0.2, 0.25) is 0 Å². The van der Waals surface area contributed by atoms with E-state index in [1.165, 1.54) is 49.4 Å². The number of hydrogen-bond acceptors (Lipinski definition) is 4. The number of rotatable bonds is 6. The molecule has 1 aliphatic carbocycles. The van der Waals surface area contributed by atoms with Gasteiger partial charge in [-0.25, -0.2) is 0 Å². The third-order valence-corrected chi connectivity index (χ3v) is 5.05. The van der Waals surface area contributed by atoms with Gasteiger partial charge < -0.3 is 10.2 Å². The number of nitrogens with one attached hydrogen (secondary N) is 1. The molecule has 24 heavy (non-hydrogen) atoms. The van der Waals surface area contributed by atoms with Crippen LogP contribution in [0.3, 0.4) is 0 Å². The van der Waals surface area contributed by atoms with Crippen LogP contribution in [-0.2, 0) is 13.6 Å². The number of nitrogens with zero attached hydrogens (tertiary/aromatic N) is 4. The van der Waals surface area contributed by atoms with Crippen LogP contribution < -0.4 is 10.2 Å². The van der Waals surface area contributed by atoms with Crippen LogP contribution in [0, 0.1) is 5.92 Å². The molecular weight excluding hydrogens is 298 g/mol. The van der Waals surface area contributed by atoms with E-state index in [4.69, 9.17) is 0 Å². The fourth-order valence-electron chi connectivity index (χ4n) is 3.43. The van der Waals surface area contributed by atoms with Crippen LogP contribution in [-0.4, -0.2) is 47.4 Å². The first kappa shape index (κ1) is 15.5. The van der Waals surface area contributed by atoms with Crippen molar-refractivity contribution in [2.24, 2.45) is 13.0 Å². The fraction of sp³-hybridized carbons (Fsp3) is 0.526. The van der Waals surface area contributed by atoms with E-state index in [1.54, 1.807) is 0 Å². The minimum atomic E-state index is 0.812. The van der Waals surface area contributed by atoms with Gasteiger partial charge in [0.15, 0.2) is 0 Å². The molecule has 128 valence electrons. The Morgan fingerprint density at radius 1 is 1.17 bits per heavy atom. The van der Waals surface area contributed by atoms with Crippen molar-refractivity contribution < 1.29 is 0 Å². The number of anilines is 2. The number of aryl methyl sites for hydroxylation is 1. The van der Waals surface area contributed by atoms with E-state index >= 15 is 0 Å². The summed E-state index contributed by atoms with van der Waals surface area (Å²) in [5.41, 5.74) is 3.71. The molecule has 4 rings (SSSR count). The van der Waals surface area contributed by atoms with Gasteiger partial charge >= 0.3 is 0 Å². The van der Waals surface area contributed by atoms with Gasteiger partial charge in [0.2, 0.25) is 0 Å². The van der Waals surface area contributed by atoms with Crippen molar-refractivity contribution in [3.63, 3.8) is 0 Å². The van der Waals surface area contributed by atoms with Crippen LogP contribution in [0.1, 0.15) is 18.4 Å². The molecule has 2 fully saturated rings. The highest BCUT2D eigenvalue weighted by molar-refractivity contribution is 5.58. The highest BCUT2D eigenvalue weighted by Gasteiger charge is 2.26. The average Bonchev–Trinajstić information content (AvgIpc) is 3.33. The lowest BCUT2D eigenvalue weighted by Gasteiger charge is -2.36. The summed E-state index contributed by atoms with van der Waals surface area (Å²) in [6.45, 7) is 6.80. The van der Waals surface area contributed by atoms with Gasteiger partial charge in [0.05, 0.1) is 6.20 Å². The van der Waals surface area contributed by atoms with E-state index < -0.39 is 0 Å². The van der Waals surface area contributed by atoms with Crippen LogP contribution in [0.15, 0.2) is 36.7 Å². The molecule has 1 N–H and O–H groups in total. The second kappa shape index (κ2) is 6.85. The molecule has 5 heteroatoms. The van der Waals surface area contributed by atoms with E-state index in [9.17, 15) is 0 Å². The first-order valence-corrected chi connectivity index (χ1v) is 9.05. The Hall–Kier alpha value is -2.01. The van der Waals surface area contributed by atoms with Crippen molar-refractivity contribution >= 4 is 11.4 Å². The average molecular weight is 325 g/mol. The van der Waals surface area contributed by atoms with E-state index in [1.807, 2.05) is 17.9 Å². The summed E-state index contributed by atoms with van der Waals surface area (Å²) in [5.74, 6) is 0.997. The quantitative estimate of drug-likeness (QED) is 0.885. The second-order valence-corrected chi connectivity index (χ2v) is 7.16. The predicted octanol–water partition coefficient (Wildman–Crippen LogP) is 2.56.